The zero-order chi connectivity index (χ0) is 25.9. The molecule has 7 nitrogen and oxygen atoms in total. The molecule has 1 aliphatic carbocycles. The standard InChI is InChI=1S/C24H23F3INO6/c1-12(30)29-17-6-5-13-9-19(32-2)22(33-3)23(34-4)21(13)15-10-16(28)18(11-14(15)17)35-20(31)7-8-24(25,26)27/h7-11,17H,5-6H2,1-4H3,(H,29,30)/b8-7+/t17-/m0/s1. The topological polar surface area (TPSA) is 83.1 Å². The number of rotatable bonds is 6. The van der Waals surface area contributed by atoms with Crippen molar-refractivity contribution in [3.63, 3.8) is 0 Å². The third-order valence-corrected chi connectivity index (χ3v) is 6.20. The highest BCUT2D eigenvalue weighted by atomic mass is 127. The van der Waals surface area contributed by atoms with E-state index in [2.05, 4.69) is 5.32 Å². The molecule has 0 radical (unpaired) electrons. The van der Waals surface area contributed by atoms with Gasteiger partial charge in [0.05, 0.1) is 30.9 Å². The van der Waals surface area contributed by atoms with Crippen molar-refractivity contribution in [2.24, 2.45) is 0 Å². The molecular formula is C24H23F3INO6. The Bertz CT molecular complexity index is 1180. The van der Waals surface area contributed by atoms with Crippen LogP contribution in [0.25, 0.3) is 11.1 Å². The van der Waals surface area contributed by atoms with Gasteiger partial charge in [0.1, 0.15) is 5.75 Å². The normalized spacial score (nSPS) is 15.0. The maximum atomic E-state index is 12.4. The van der Waals surface area contributed by atoms with Gasteiger partial charge in [0, 0.05) is 24.6 Å². The van der Waals surface area contributed by atoms with E-state index in [-0.39, 0.29) is 17.7 Å². The van der Waals surface area contributed by atoms with Crippen LogP contribution in [0.1, 0.15) is 30.5 Å². The van der Waals surface area contributed by atoms with Gasteiger partial charge in [0.25, 0.3) is 0 Å². The van der Waals surface area contributed by atoms with Gasteiger partial charge in [-0.1, -0.05) is 0 Å². The fourth-order valence-corrected chi connectivity index (χ4v) is 4.58. The lowest BCUT2D eigenvalue weighted by atomic mass is 9.93. The average Bonchev–Trinajstić information content (AvgIpc) is 2.92. The highest BCUT2D eigenvalue weighted by Gasteiger charge is 2.31. The molecule has 2 aromatic carbocycles. The Morgan fingerprint density at radius 1 is 1.06 bits per heavy atom. The Labute approximate surface area is 213 Å². The highest BCUT2D eigenvalue weighted by Crippen LogP contribution is 2.51. The molecule has 1 atom stereocenters. The molecule has 1 N–H and O–H groups in total. The molecule has 2 aromatic rings. The lowest BCUT2D eigenvalue weighted by Crippen LogP contribution is -2.26. The molecule has 0 spiro atoms. The number of ether oxygens (including phenoxy) is 4. The minimum Gasteiger partial charge on any atom is -0.493 e. The zero-order valence-electron chi connectivity index (χ0n) is 19.3. The van der Waals surface area contributed by atoms with Crippen molar-refractivity contribution in [1.82, 2.24) is 5.32 Å². The molecule has 1 aliphatic rings. The molecule has 35 heavy (non-hydrogen) atoms. The second-order valence-corrected chi connectivity index (χ2v) is 8.80. The van der Waals surface area contributed by atoms with Gasteiger partial charge in [-0.3, -0.25) is 4.79 Å². The van der Waals surface area contributed by atoms with Crippen LogP contribution in [0, 0.1) is 3.57 Å². The maximum Gasteiger partial charge on any atom is 0.410 e. The Balaban J connectivity index is 2.21. The first-order valence-electron chi connectivity index (χ1n) is 10.4. The van der Waals surface area contributed by atoms with Gasteiger partial charge in [0.15, 0.2) is 11.5 Å². The molecule has 1 amide bonds. The SMILES string of the molecule is COc1cc2c(c(OC)c1OC)-c1cc(I)c(OC(=O)/C=C/C(F)(F)F)cc1[C@@H](NC(C)=O)CC2. The van der Waals surface area contributed by atoms with E-state index in [9.17, 15) is 22.8 Å². The number of esters is 1. The van der Waals surface area contributed by atoms with Gasteiger partial charge in [0.2, 0.25) is 11.7 Å². The summed E-state index contributed by atoms with van der Waals surface area (Å²) in [6.07, 6.45) is -3.46. The minimum atomic E-state index is -4.64. The van der Waals surface area contributed by atoms with Crippen LogP contribution in [-0.4, -0.2) is 39.4 Å². The Morgan fingerprint density at radius 3 is 2.31 bits per heavy atom. The Kier molecular flexibility index (Phi) is 8.18. The number of amides is 1. The lowest BCUT2D eigenvalue weighted by Gasteiger charge is -2.22. The van der Waals surface area contributed by atoms with Crippen molar-refractivity contribution in [3.05, 3.63) is 45.0 Å². The van der Waals surface area contributed by atoms with Gasteiger partial charge in [-0.25, -0.2) is 4.79 Å². The molecule has 188 valence electrons. The van der Waals surface area contributed by atoms with Gasteiger partial charge < -0.3 is 24.3 Å². The van der Waals surface area contributed by atoms with E-state index >= 15 is 0 Å². The molecule has 0 aliphatic heterocycles. The fourth-order valence-electron chi connectivity index (χ4n) is 4.01. The summed E-state index contributed by atoms with van der Waals surface area (Å²) in [7, 11) is 4.51. The number of hydrogen-bond acceptors (Lipinski definition) is 6. The third-order valence-electron chi connectivity index (χ3n) is 5.36. The number of carbonyl (C=O) groups is 2. The predicted octanol–water partition coefficient (Wildman–Crippen LogP) is 5.13. The van der Waals surface area contributed by atoms with Gasteiger partial charge in [-0.05, 0) is 70.3 Å². The molecule has 3 rings (SSSR count). The Morgan fingerprint density at radius 2 is 1.74 bits per heavy atom. The second-order valence-electron chi connectivity index (χ2n) is 7.64. The quantitative estimate of drug-likeness (QED) is 0.213. The molecule has 0 saturated carbocycles. The van der Waals surface area contributed by atoms with E-state index in [0.717, 1.165) is 11.1 Å². The van der Waals surface area contributed by atoms with E-state index in [0.29, 0.717) is 50.9 Å². The van der Waals surface area contributed by atoms with Gasteiger partial charge in [-0.2, -0.15) is 13.2 Å². The maximum absolute atomic E-state index is 12.4. The summed E-state index contributed by atoms with van der Waals surface area (Å²) in [4.78, 5) is 24.0. The molecule has 0 aromatic heterocycles. The fraction of sp³-hybridized carbons (Fsp3) is 0.333. The summed E-state index contributed by atoms with van der Waals surface area (Å²) in [5.41, 5.74) is 2.93. The van der Waals surface area contributed by atoms with E-state index in [1.54, 1.807) is 12.1 Å². The van der Waals surface area contributed by atoms with Crippen LogP contribution in [0.2, 0.25) is 0 Å². The first-order chi connectivity index (χ1) is 16.5. The average molecular weight is 605 g/mol. The van der Waals surface area contributed by atoms with Crippen molar-refractivity contribution in [1.29, 1.82) is 0 Å². The van der Waals surface area contributed by atoms with Crippen LogP contribution < -0.4 is 24.3 Å². The number of benzene rings is 2. The van der Waals surface area contributed by atoms with Crippen LogP contribution >= 0.6 is 22.6 Å². The summed E-state index contributed by atoms with van der Waals surface area (Å²) in [6, 6.07) is 4.68. The van der Waals surface area contributed by atoms with Gasteiger partial charge in [-0.15, -0.1) is 0 Å². The number of halogens is 4. The largest absolute Gasteiger partial charge is 0.493 e. The van der Waals surface area contributed by atoms with Crippen LogP contribution in [0.5, 0.6) is 23.0 Å². The van der Waals surface area contributed by atoms with Crippen molar-refractivity contribution >= 4 is 34.5 Å². The molecule has 0 bridgehead atoms. The van der Waals surface area contributed by atoms with Crippen molar-refractivity contribution in [3.8, 4) is 34.1 Å². The minimum absolute atomic E-state index is 0.0689. The van der Waals surface area contributed by atoms with Crippen LogP contribution in [0.15, 0.2) is 30.4 Å². The van der Waals surface area contributed by atoms with Gasteiger partial charge >= 0.3 is 12.1 Å². The number of nitrogens with one attached hydrogen (secondary N) is 1. The van der Waals surface area contributed by atoms with E-state index in [1.807, 2.05) is 28.7 Å². The first kappa shape index (κ1) is 26.6. The Hall–Kier alpha value is -2.96. The third kappa shape index (κ3) is 6.00. The van der Waals surface area contributed by atoms with E-state index in [4.69, 9.17) is 18.9 Å². The number of carbonyl (C=O) groups excluding carboxylic acids is 2. The van der Waals surface area contributed by atoms with Crippen LogP contribution in [-0.2, 0) is 16.0 Å². The van der Waals surface area contributed by atoms with Crippen molar-refractivity contribution in [2.45, 2.75) is 32.0 Å². The van der Waals surface area contributed by atoms with E-state index in [1.165, 1.54) is 28.3 Å². The molecule has 0 unspecified atom stereocenters. The summed E-state index contributed by atoms with van der Waals surface area (Å²) in [5, 5.41) is 2.90. The summed E-state index contributed by atoms with van der Waals surface area (Å²) in [5.74, 6) is -0.0621. The summed E-state index contributed by atoms with van der Waals surface area (Å²) >= 11 is 1.94. The number of methoxy groups -OCH3 is 3. The number of allylic oxidation sites excluding steroid dienone is 1. The monoisotopic (exact) mass is 605 g/mol. The van der Waals surface area contributed by atoms with Crippen LogP contribution in [0.4, 0.5) is 13.2 Å². The summed E-state index contributed by atoms with van der Waals surface area (Å²) in [6.45, 7) is 1.39. The lowest BCUT2D eigenvalue weighted by molar-refractivity contribution is -0.129. The van der Waals surface area contributed by atoms with Crippen molar-refractivity contribution in [2.75, 3.05) is 21.3 Å². The van der Waals surface area contributed by atoms with Crippen molar-refractivity contribution < 1.29 is 41.7 Å². The smallest absolute Gasteiger partial charge is 0.410 e. The zero-order valence-corrected chi connectivity index (χ0v) is 21.5. The first-order valence-corrected chi connectivity index (χ1v) is 11.5. The predicted molar refractivity (Wildman–Crippen MR) is 130 cm³/mol. The van der Waals surface area contributed by atoms with Crippen LogP contribution in [0.3, 0.4) is 0 Å². The molecule has 0 fully saturated rings. The molecule has 0 heterocycles. The number of alkyl halides is 3. The summed E-state index contributed by atoms with van der Waals surface area (Å²) < 4.78 is 59.7. The molecule has 11 heteroatoms. The molecular weight excluding hydrogens is 582 g/mol. The second kappa shape index (κ2) is 10.8. The molecule has 0 saturated heterocycles. The van der Waals surface area contributed by atoms with E-state index < -0.39 is 18.2 Å². The number of aryl methyl sites for hydroxylation is 1. The number of fused-ring (bicyclic) bond motifs is 3. The number of hydrogen-bond donors (Lipinski definition) is 1. The highest BCUT2D eigenvalue weighted by molar-refractivity contribution is 14.1.